The summed E-state index contributed by atoms with van der Waals surface area (Å²) in [5.74, 6) is 5.62. The summed E-state index contributed by atoms with van der Waals surface area (Å²) < 4.78 is 22.0. The molecule has 10 rings (SSSR count). The molecule has 0 N–H and O–H groups in total. The zero-order valence-corrected chi connectivity index (χ0v) is 37.9. The van der Waals surface area contributed by atoms with Crippen molar-refractivity contribution in [3.8, 4) is 34.5 Å². The topological polar surface area (TPSA) is 34.2 Å². The Morgan fingerprint density at radius 2 is 0.772 bits per heavy atom. The summed E-state index contributed by atoms with van der Waals surface area (Å²) in [6, 6.07) is 23.4. The number of ether oxygens (including phenoxy) is 3. The van der Waals surface area contributed by atoms with Crippen molar-refractivity contribution in [3.63, 3.8) is 0 Å². The Morgan fingerprint density at radius 3 is 1.12 bits per heavy atom. The Morgan fingerprint density at radius 1 is 0.386 bits per heavy atom. The summed E-state index contributed by atoms with van der Waals surface area (Å²) in [7, 11) is -2.86. The maximum Gasteiger partial charge on any atom is 0.166 e. The van der Waals surface area contributed by atoms with Crippen LogP contribution in [-0.2, 0) is 27.1 Å². The lowest BCUT2D eigenvalue weighted by Gasteiger charge is -2.54. The van der Waals surface area contributed by atoms with Crippen molar-refractivity contribution in [2.75, 3.05) is 9.80 Å². The minimum absolute atomic E-state index is 0.0335. The highest BCUT2D eigenvalue weighted by molar-refractivity contribution is 7.15. The molecule has 5 aliphatic heterocycles. The van der Waals surface area contributed by atoms with Crippen LogP contribution in [-0.4, -0.2) is 8.07 Å². The number of hydrogen-bond donors (Lipinski definition) is 0. The molecule has 294 valence electrons. The molecule has 0 atom stereocenters. The predicted molar refractivity (Wildman–Crippen MR) is 240 cm³/mol. The third-order valence-electron chi connectivity index (χ3n) is 13.2. The van der Waals surface area contributed by atoms with E-state index in [0.29, 0.717) is 0 Å². The fourth-order valence-electron chi connectivity index (χ4n) is 9.99. The Bertz CT molecular complexity index is 2480. The third-order valence-corrected chi connectivity index (χ3v) is 17.7. The molecule has 5 nitrogen and oxygen atoms in total. The van der Waals surface area contributed by atoms with E-state index in [9.17, 15) is 0 Å². The monoisotopic (exact) mass is 774 g/mol. The van der Waals surface area contributed by atoms with E-state index in [4.69, 9.17) is 14.2 Å². The lowest BCUT2D eigenvalue weighted by Crippen LogP contribution is -2.73. The van der Waals surface area contributed by atoms with Gasteiger partial charge < -0.3 is 24.0 Å². The molecular formula is C51H58N2O3Si. The van der Waals surface area contributed by atoms with Crippen LogP contribution in [0.25, 0.3) is 0 Å². The van der Waals surface area contributed by atoms with Gasteiger partial charge in [0.05, 0.1) is 22.7 Å². The molecule has 0 saturated heterocycles. The summed E-state index contributed by atoms with van der Waals surface area (Å²) in [6.07, 6.45) is 0. The highest BCUT2D eigenvalue weighted by Gasteiger charge is 2.60. The predicted octanol–water partition coefficient (Wildman–Crippen LogP) is 13.2. The molecule has 0 radical (unpaired) electrons. The second-order valence-electron chi connectivity index (χ2n) is 22.6. The quantitative estimate of drug-likeness (QED) is 0.143. The summed E-state index contributed by atoms with van der Waals surface area (Å²) >= 11 is 0. The van der Waals surface area contributed by atoms with Gasteiger partial charge in [0.2, 0.25) is 0 Å². The number of rotatable bonds is 0. The lowest BCUT2D eigenvalue weighted by molar-refractivity contribution is 0.434. The number of nitrogens with zero attached hydrogens (tertiary/aromatic N) is 2. The molecule has 57 heavy (non-hydrogen) atoms. The smallest absolute Gasteiger partial charge is 0.166 e. The summed E-state index contributed by atoms with van der Waals surface area (Å²) in [5.41, 5.74) is 12.5. The molecule has 5 aromatic carbocycles. The van der Waals surface area contributed by atoms with E-state index < -0.39 is 8.07 Å². The van der Waals surface area contributed by atoms with E-state index in [1.165, 1.54) is 43.6 Å². The zero-order valence-electron chi connectivity index (χ0n) is 36.9. The first-order valence-corrected chi connectivity index (χ1v) is 23.4. The molecule has 0 bridgehead atoms. The zero-order chi connectivity index (χ0) is 40.9. The van der Waals surface area contributed by atoms with E-state index in [2.05, 4.69) is 181 Å². The summed E-state index contributed by atoms with van der Waals surface area (Å²) in [6.45, 7) is 37.0. The second kappa shape index (κ2) is 10.7. The van der Waals surface area contributed by atoms with Gasteiger partial charge in [0, 0.05) is 32.9 Å². The number of anilines is 6. The van der Waals surface area contributed by atoms with Crippen LogP contribution in [0.15, 0.2) is 60.7 Å². The van der Waals surface area contributed by atoms with Gasteiger partial charge in [-0.3, -0.25) is 0 Å². The minimum Gasteiger partial charge on any atom is -0.457 e. The molecule has 0 fully saturated rings. The molecule has 5 aliphatic rings. The standard InChI is InChI=1S/C51H58N2O3Si/c1-47(2,3)27-17-19-32-36(23-27)55-42-30(50(10,11)12)25-38-45-40(42)52(32)34-21-29(49(7,8)9)22-35-44(34)57(45,16)46-39(54-38)26-31(51(13,14)15)43-41(46)53(35)33-20-18-28(48(4,5)6)24-37(33)56-43/h17-26H,1-16H3. The Hall–Kier alpha value is -4.68. The number of hydrogen-bond acceptors (Lipinski definition) is 5. The molecule has 0 saturated carbocycles. The maximum absolute atomic E-state index is 7.38. The minimum atomic E-state index is -2.86. The Kier molecular flexibility index (Phi) is 6.86. The van der Waals surface area contributed by atoms with Crippen molar-refractivity contribution in [3.05, 3.63) is 88.5 Å². The van der Waals surface area contributed by atoms with Crippen LogP contribution in [0.5, 0.6) is 34.5 Å². The van der Waals surface area contributed by atoms with Crippen LogP contribution >= 0.6 is 0 Å². The third kappa shape index (κ3) is 4.80. The molecular weight excluding hydrogens is 717 g/mol. The number of fused-ring (bicyclic) bond motifs is 6. The van der Waals surface area contributed by atoms with Crippen molar-refractivity contribution in [2.45, 2.75) is 137 Å². The Balaban J connectivity index is 1.40. The van der Waals surface area contributed by atoms with Gasteiger partial charge in [-0.1, -0.05) is 123 Å². The van der Waals surface area contributed by atoms with Crippen LogP contribution in [0.4, 0.5) is 34.1 Å². The van der Waals surface area contributed by atoms with E-state index in [1.807, 2.05) is 0 Å². The molecule has 5 aromatic rings. The van der Waals surface area contributed by atoms with Crippen molar-refractivity contribution in [2.24, 2.45) is 0 Å². The average Bonchev–Trinajstić information content (AvgIpc) is 3.08. The van der Waals surface area contributed by atoms with Gasteiger partial charge >= 0.3 is 0 Å². The van der Waals surface area contributed by atoms with Crippen molar-refractivity contribution in [1.29, 1.82) is 0 Å². The maximum atomic E-state index is 7.38. The average molecular weight is 775 g/mol. The molecule has 0 aromatic heterocycles. The van der Waals surface area contributed by atoms with Crippen molar-refractivity contribution >= 4 is 57.8 Å². The van der Waals surface area contributed by atoms with E-state index in [1.54, 1.807) is 0 Å². The Labute approximate surface area is 341 Å². The molecule has 6 heteroatoms. The first kappa shape index (κ1) is 36.6. The molecule has 5 heterocycles. The van der Waals surface area contributed by atoms with Crippen LogP contribution < -0.4 is 39.6 Å². The fourth-order valence-corrected chi connectivity index (χ4v) is 14.8. The van der Waals surface area contributed by atoms with Crippen LogP contribution in [0.2, 0.25) is 6.55 Å². The van der Waals surface area contributed by atoms with Crippen LogP contribution in [0.1, 0.15) is 132 Å². The first-order chi connectivity index (χ1) is 26.3. The largest absolute Gasteiger partial charge is 0.457 e. The normalized spacial score (nSPS) is 16.6. The second-order valence-corrected chi connectivity index (χ2v) is 26.3. The highest BCUT2D eigenvalue weighted by Crippen LogP contribution is 2.63. The summed E-state index contributed by atoms with van der Waals surface area (Å²) in [5, 5.41) is 4.01. The van der Waals surface area contributed by atoms with E-state index in [-0.39, 0.29) is 27.1 Å². The SMILES string of the molecule is CC(C)(C)c1ccc2c(c1)Oc1c(C(C)(C)C)cc3c4c1N2c1cc(C(C)(C)C)cc2c1[Si]4(C)c1c(cc(C(C)(C)C)c4c1N2c1ccc(C(C)(C)C)cc1O4)O3. The van der Waals surface area contributed by atoms with Gasteiger partial charge in [0.25, 0.3) is 0 Å². The van der Waals surface area contributed by atoms with Crippen LogP contribution in [0, 0.1) is 0 Å². The van der Waals surface area contributed by atoms with Gasteiger partial charge in [-0.25, -0.2) is 0 Å². The van der Waals surface area contributed by atoms with Gasteiger partial charge in [0.1, 0.15) is 11.5 Å². The lowest BCUT2D eigenvalue weighted by atomic mass is 9.83. The van der Waals surface area contributed by atoms with Gasteiger partial charge in [-0.05, 0) is 97.5 Å². The van der Waals surface area contributed by atoms with Gasteiger partial charge in [-0.15, -0.1) is 0 Å². The molecule has 0 aliphatic carbocycles. The van der Waals surface area contributed by atoms with Gasteiger partial charge in [-0.2, -0.15) is 0 Å². The van der Waals surface area contributed by atoms with E-state index >= 15 is 0 Å². The van der Waals surface area contributed by atoms with Gasteiger partial charge in [0.15, 0.2) is 31.1 Å². The first-order valence-electron chi connectivity index (χ1n) is 20.9. The highest BCUT2D eigenvalue weighted by atomic mass is 28.3. The number of benzene rings is 5. The van der Waals surface area contributed by atoms with Crippen LogP contribution in [0.3, 0.4) is 0 Å². The van der Waals surface area contributed by atoms with Crippen molar-refractivity contribution < 1.29 is 14.2 Å². The molecule has 0 spiro atoms. The molecule has 0 amide bonds. The van der Waals surface area contributed by atoms with E-state index in [0.717, 1.165) is 68.4 Å². The summed E-state index contributed by atoms with van der Waals surface area (Å²) in [4.78, 5) is 5.12. The molecule has 0 unspecified atom stereocenters. The fraction of sp³-hybridized carbons (Fsp3) is 0.412. The van der Waals surface area contributed by atoms with Crippen molar-refractivity contribution in [1.82, 2.24) is 0 Å².